The van der Waals surface area contributed by atoms with E-state index in [-0.39, 0.29) is 11.3 Å². The van der Waals surface area contributed by atoms with Gasteiger partial charge in [-0.1, -0.05) is 42.0 Å². The Kier molecular flexibility index (Phi) is 7.91. The molecule has 3 aromatic carbocycles. The molecule has 3 rings (SSSR count). The van der Waals surface area contributed by atoms with Crippen LogP contribution in [0.5, 0.6) is 5.75 Å². The second-order valence-corrected chi connectivity index (χ2v) is 6.99. The SMILES string of the molecule is CCOc1ccccc1C=NNC(=O)C(=O)Nc1ccccc1C(=O)Nc1ccc(C)cc1. The Hall–Kier alpha value is -4.46. The summed E-state index contributed by atoms with van der Waals surface area (Å²) in [5.74, 6) is -1.74. The highest BCUT2D eigenvalue weighted by Crippen LogP contribution is 2.18. The van der Waals surface area contributed by atoms with Gasteiger partial charge in [-0.15, -0.1) is 0 Å². The van der Waals surface area contributed by atoms with E-state index in [1.807, 2.05) is 32.0 Å². The molecule has 3 aromatic rings. The predicted octanol–water partition coefficient (Wildman–Crippen LogP) is 3.73. The molecule has 0 aromatic heterocycles. The zero-order valence-corrected chi connectivity index (χ0v) is 18.3. The predicted molar refractivity (Wildman–Crippen MR) is 128 cm³/mol. The van der Waals surface area contributed by atoms with Crippen molar-refractivity contribution >= 4 is 35.3 Å². The number of nitrogens with zero attached hydrogens (tertiary/aromatic N) is 1. The number of carbonyl (C=O) groups is 3. The molecule has 8 heteroatoms. The maximum atomic E-state index is 12.7. The lowest BCUT2D eigenvalue weighted by atomic mass is 10.1. The van der Waals surface area contributed by atoms with Gasteiger partial charge in [0, 0.05) is 11.3 Å². The molecule has 0 saturated carbocycles. The van der Waals surface area contributed by atoms with Crippen molar-refractivity contribution in [2.45, 2.75) is 13.8 Å². The van der Waals surface area contributed by atoms with Crippen molar-refractivity contribution in [3.63, 3.8) is 0 Å². The fourth-order valence-corrected chi connectivity index (χ4v) is 2.89. The molecular formula is C25H24N4O4. The zero-order valence-electron chi connectivity index (χ0n) is 18.3. The van der Waals surface area contributed by atoms with Crippen LogP contribution in [-0.2, 0) is 9.59 Å². The molecule has 0 bridgehead atoms. The van der Waals surface area contributed by atoms with E-state index >= 15 is 0 Å². The van der Waals surface area contributed by atoms with Crippen molar-refractivity contribution in [2.75, 3.05) is 17.2 Å². The molecule has 33 heavy (non-hydrogen) atoms. The van der Waals surface area contributed by atoms with Gasteiger partial charge in [0.05, 0.1) is 24.1 Å². The molecule has 0 heterocycles. The van der Waals surface area contributed by atoms with Gasteiger partial charge in [0.2, 0.25) is 0 Å². The van der Waals surface area contributed by atoms with Crippen molar-refractivity contribution in [1.29, 1.82) is 0 Å². The Bertz CT molecular complexity index is 1170. The number of carbonyl (C=O) groups excluding carboxylic acids is 3. The molecule has 8 nitrogen and oxygen atoms in total. The molecule has 0 aliphatic rings. The third-order valence-electron chi connectivity index (χ3n) is 4.52. The quantitative estimate of drug-likeness (QED) is 0.293. The van der Waals surface area contributed by atoms with E-state index in [0.717, 1.165) is 5.56 Å². The minimum absolute atomic E-state index is 0.202. The van der Waals surface area contributed by atoms with Crippen LogP contribution in [0.25, 0.3) is 0 Å². The lowest BCUT2D eigenvalue weighted by molar-refractivity contribution is -0.136. The summed E-state index contributed by atoms with van der Waals surface area (Å²) in [5.41, 5.74) is 4.93. The van der Waals surface area contributed by atoms with E-state index < -0.39 is 17.7 Å². The monoisotopic (exact) mass is 444 g/mol. The van der Waals surface area contributed by atoms with Gasteiger partial charge in [-0.3, -0.25) is 14.4 Å². The number of rotatable bonds is 7. The van der Waals surface area contributed by atoms with Crippen molar-refractivity contribution < 1.29 is 19.1 Å². The first kappa shape index (κ1) is 23.2. The average molecular weight is 444 g/mol. The van der Waals surface area contributed by atoms with Crippen LogP contribution in [0.3, 0.4) is 0 Å². The van der Waals surface area contributed by atoms with Crippen LogP contribution in [0.2, 0.25) is 0 Å². The number of ether oxygens (including phenoxy) is 1. The summed E-state index contributed by atoms with van der Waals surface area (Å²) in [6, 6.07) is 20.9. The summed E-state index contributed by atoms with van der Waals surface area (Å²) in [6.07, 6.45) is 1.39. The molecule has 0 aliphatic carbocycles. The summed E-state index contributed by atoms with van der Waals surface area (Å²) >= 11 is 0. The third-order valence-corrected chi connectivity index (χ3v) is 4.52. The van der Waals surface area contributed by atoms with Crippen LogP contribution in [0.15, 0.2) is 77.9 Å². The molecular weight excluding hydrogens is 420 g/mol. The minimum Gasteiger partial charge on any atom is -0.493 e. The molecule has 0 atom stereocenters. The number of hydrogen-bond acceptors (Lipinski definition) is 5. The highest BCUT2D eigenvalue weighted by atomic mass is 16.5. The van der Waals surface area contributed by atoms with Gasteiger partial charge in [-0.25, -0.2) is 5.43 Å². The maximum absolute atomic E-state index is 12.7. The molecule has 168 valence electrons. The van der Waals surface area contributed by atoms with Crippen LogP contribution >= 0.6 is 0 Å². The standard InChI is InChI=1S/C25H24N4O4/c1-3-33-22-11-7-4-8-18(22)16-26-29-25(32)24(31)28-21-10-6-5-9-20(21)23(30)27-19-14-12-17(2)13-15-19/h4-16H,3H2,1-2H3,(H,27,30)(H,28,31)(H,29,32). The summed E-state index contributed by atoms with van der Waals surface area (Å²) in [6.45, 7) is 4.29. The second kappa shape index (κ2) is 11.2. The van der Waals surface area contributed by atoms with Crippen molar-refractivity contribution in [3.05, 3.63) is 89.5 Å². The molecule has 3 N–H and O–H groups in total. The Labute approximate surface area is 191 Å². The van der Waals surface area contributed by atoms with Crippen molar-refractivity contribution in [1.82, 2.24) is 5.43 Å². The van der Waals surface area contributed by atoms with E-state index in [9.17, 15) is 14.4 Å². The smallest absolute Gasteiger partial charge is 0.329 e. The highest BCUT2D eigenvalue weighted by Gasteiger charge is 2.17. The Morgan fingerprint density at radius 3 is 2.33 bits per heavy atom. The topological polar surface area (TPSA) is 109 Å². The molecule has 0 spiro atoms. The van der Waals surface area contributed by atoms with Gasteiger partial charge in [0.1, 0.15) is 5.75 Å². The van der Waals surface area contributed by atoms with Crippen LogP contribution in [0.4, 0.5) is 11.4 Å². The molecule has 0 aliphatic heterocycles. The number of amides is 3. The van der Waals surface area contributed by atoms with Crippen molar-refractivity contribution in [2.24, 2.45) is 5.10 Å². The normalized spacial score (nSPS) is 10.5. The van der Waals surface area contributed by atoms with Gasteiger partial charge >= 0.3 is 11.8 Å². The van der Waals surface area contributed by atoms with E-state index in [1.165, 1.54) is 12.3 Å². The maximum Gasteiger partial charge on any atom is 0.329 e. The molecule has 0 fully saturated rings. The van der Waals surface area contributed by atoms with Gasteiger partial charge in [0.25, 0.3) is 5.91 Å². The second-order valence-electron chi connectivity index (χ2n) is 6.99. The molecule has 3 amide bonds. The number of hydrazone groups is 1. The number of aryl methyl sites for hydroxylation is 1. The van der Waals surface area contributed by atoms with E-state index in [1.54, 1.807) is 48.5 Å². The van der Waals surface area contributed by atoms with Gasteiger partial charge < -0.3 is 15.4 Å². The number of nitrogens with one attached hydrogen (secondary N) is 3. The average Bonchev–Trinajstić information content (AvgIpc) is 2.82. The van der Waals surface area contributed by atoms with Crippen LogP contribution in [0, 0.1) is 6.92 Å². The van der Waals surface area contributed by atoms with E-state index in [4.69, 9.17) is 4.74 Å². The van der Waals surface area contributed by atoms with Gasteiger partial charge in [0.15, 0.2) is 0 Å². The van der Waals surface area contributed by atoms with Crippen LogP contribution in [-0.4, -0.2) is 30.5 Å². The van der Waals surface area contributed by atoms with E-state index in [0.29, 0.717) is 23.6 Å². The Morgan fingerprint density at radius 2 is 1.58 bits per heavy atom. The minimum atomic E-state index is -0.978. The van der Waals surface area contributed by atoms with Crippen molar-refractivity contribution in [3.8, 4) is 5.75 Å². The Morgan fingerprint density at radius 1 is 0.879 bits per heavy atom. The first-order valence-electron chi connectivity index (χ1n) is 10.3. The summed E-state index contributed by atoms with van der Waals surface area (Å²) in [7, 11) is 0. The number of benzene rings is 3. The first-order chi connectivity index (χ1) is 16.0. The molecule has 0 saturated heterocycles. The summed E-state index contributed by atoms with van der Waals surface area (Å²) < 4.78 is 5.48. The lowest BCUT2D eigenvalue weighted by Gasteiger charge is -2.11. The largest absolute Gasteiger partial charge is 0.493 e. The van der Waals surface area contributed by atoms with Gasteiger partial charge in [-0.05, 0) is 50.2 Å². The zero-order chi connectivity index (χ0) is 23.6. The fraction of sp³-hybridized carbons (Fsp3) is 0.120. The number of para-hydroxylation sites is 2. The summed E-state index contributed by atoms with van der Waals surface area (Å²) in [5, 5.41) is 9.05. The molecule has 0 radical (unpaired) electrons. The lowest BCUT2D eigenvalue weighted by Crippen LogP contribution is -2.33. The first-order valence-corrected chi connectivity index (χ1v) is 10.3. The molecule has 0 unspecified atom stereocenters. The summed E-state index contributed by atoms with van der Waals surface area (Å²) in [4.78, 5) is 37.2. The van der Waals surface area contributed by atoms with E-state index in [2.05, 4.69) is 21.2 Å². The number of hydrogen-bond donors (Lipinski definition) is 3. The number of anilines is 2. The Balaban J connectivity index is 1.64. The van der Waals surface area contributed by atoms with Gasteiger partial charge in [-0.2, -0.15) is 5.10 Å². The van der Waals surface area contributed by atoms with Crippen LogP contribution in [0.1, 0.15) is 28.4 Å². The highest BCUT2D eigenvalue weighted by molar-refractivity contribution is 6.40. The third kappa shape index (κ3) is 6.51. The fourth-order valence-electron chi connectivity index (χ4n) is 2.89. The van der Waals surface area contributed by atoms with Crippen LogP contribution < -0.4 is 20.8 Å².